The van der Waals surface area contributed by atoms with Crippen molar-refractivity contribution in [3.8, 4) is 0 Å². The van der Waals surface area contributed by atoms with E-state index in [2.05, 4.69) is 15.5 Å². The second-order valence-electron chi connectivity index (χ2n) is 8.21. The van der Waals surface area contributed by atoms with E-state index in [1.165, 1.54) is 42.1 Å². The molecule has 1 saturated carbocycles. The minimum absolute atomic E-state index is 0. The van der Waals surface area contributed by atoms with Crippen LogP contribution >= 0.6 is 35.7 Å². The highest BCUT2D eigenvalue weighted by Crippen LogP contribution is 2.37. The molecule has 2 N–H and O–H groups in total. The van der Waals surface area contributed by atoms with Crippen molar-refractivity contribution in [1.29, 1.82) is 0 Å². The molecule has 0 aromatic heterocycles. The highest BCUT2D eigenvalue weighted by atomic mass is 127. The molecule has 2 aliphatic heterocycles. The first-order chi connectivity index (χ1) is 13.4. The zero-order valence-electron chi connectivity index (χ0n) is 17.3. The molecular formula is C19H35F3IN5S. The molecule has 0 bridgehead atoms. The van der Waals surface area contributed by atoms with Gasteiger partial charge in [-0.25, -0.2) is 0 Å². The van der Waals surface area contributed by atoms with E-state index in [-0.39, 0.29) is 35.6 Å². The van der Waals surface area contributed by atoms with Crippen LogP contribution in [0.25, 0.3) is 0 Å². The van der Waals surface area contributed by atoms with Crippen LogP contribution in [-0.2, 0) is 0 Å². The second-order valence-corrected chi connectivity index (χ2v) is 9.43. The minimum atomic E-state index is -4.13. The zero-order valence-corrected chi connectivity index (χ0v) is 20.4. The molecule has 10 heteroatoms. The molecule has 0 amide bonds. The maximum atomic E-state index is 12.6. The summed E-state index contributed by atoms with van der Waals surface area (Å²) < 4.78 is 37.9. The van der Waals surface area contributed by atoms with E-state index in [4.69, 9.17) is 4.99 Å². The molecule has 2 saturated heterocycles. The fraction of sp³-hybridized carbons (Fsp3) is 0.947. The summed E-state index contributed by atoms with van der Waals surface area (Å²) in [7, 11) is 0. The van der Waals surface area contributed by atoms with Crippen molar-refractivity contribution in [2.45, 2.75) is 56.8 Å². The standard InChI is InChI=1S/C19H34F3N5S.HI/c1-2-23-17(25-16-5-8-26(13-16)15-19(20,21)22)24-14-18(6-3-4-7-18)27-9-11-28-12-10-27;/h16H,2-15H2,1H3,(H2,23,24,25);1H. The van der Waals surface area contributed by atoms with Crippen LogP contribution in [0, 0.1) is 0 Å². The van der Waals surface area contributed by atoms with Gasteiger partial charge in [-0.05, 0) is 26.2 Å². The van der Waals surface area contributed by atoms with Crippen molar-refractivity contribution in [2.75, 3.05) is 57.3 Å². The number of halogens is 4. The number of alkyl halides is 3. The molecule has 5 nitrogen and oxygen atoms in total. The Hall–Kier alpha value is 0.0600. The van der Waals surface area contributed by atoms with Crippen molar-refractivity contribution < 1.29 is 13.2 Å². The van der Waals surface area contributed by atoms with E-state index < -0.39 is 12.7 Å². The zero-order chi connectivity index (χ0) is 20.0. The van der Waals surface area contributed by atoms with Gasteiger partial charge >= 0.3 is 6.18 Å². The highest BCUT2D eigenvalue weighted by Gasteiger charge is 2.40. The molecule has 1 aliphatic carbocycles. The molecular weight excluding hydrogens is 514 g/mol. The fourth-order valence-electron chi connectivity index (χ4n) is 4.73. The van der Waals surface area contributed by atoms with E-state index in [0.29, 0.717) is 13.1 Å². The monoisotopic (exact) mass is 549 g/mol. The summed E-state index contributed by atoms with van der Waals surface area (Å²) in [5, 5.41) is 6.68. The van der Waals surface area contributed by atoms with Crippen LogP contribution in [0.2, 0.25) is 0 Å². The van der Waals surface area contributed by atoms with Crippen molar-refractivity contribution in [3.63, 3.8) is 0 Å². The van der Waals surface area contributed by atoms with Crippen LogP contribution in [0.15, 0.2) is 4.99 Å². The van der Waals surface area contributed by atoms with Crippen molar-refractivity contribution in [3.05, 3.63) is 0 Å². The molecule has 0 radical (unpaired) electrons. The summed E-state index contributed by atoms with van der Waals surface area (Å²) in [4.78, 5) is 9.03. The number of aliphatic imine (C=N–C) groups is 1. The third-order valence-corrected chi connectivity index (χ3v) is 7.05. The summed E-state index contributed by atoms with van der Waals surface area (Å²) in [6, 6.07) is 0.0195. The summed E-state index contributed by atoms with van der Waals surface area (Å²) in [6.45, 7) is 5.89. The maximum absolute atomic E-state index is 12.6. The number of hydrogen-bond donors (Lipinski definition) is 2. The van der Waals surface area contributed by atoms with Crippen LogP contribution in [0.4, 0.5) is 13.2 Å². The van der Waals surface area contributed by atoms with Gasteiger partial charge < -0.3 is 10.6 Å². The van der Waals surface area contributed by atoms with Gasteiger partial charge in [-0.1, -0.05) is 12.8 Å². The first kappa shape index (κ1) is 25.3. The van der Waals surface area contributed by atoms with Crippen molar-refractivity contribution >= 4 is 41.7 Å². The molecule has 0 spiro atoms. The van der Waals surface area contributed by atoms with Crippen molar-refractivity contribution in [1.82, 2.24) is 20.4 Å². The fourth-order valence-corrected chi connectivity index (χ4v) is 5.64. The van der Waals surface area contributed by atoms with Gasteiger partial charge in [-0.3, -0.25) is 14.8 Å². The van der Waals surface area contributed by atoms with E-state index in [0.717, 1.165) is 38.6 Å². The van der Waals surface area contributed by atoms with E-state index in [1.54, 1.807) is 0 Å². The van der Waals surface area contributed by atoms with E-state index >= 15 is 0 Å². The SMILES string of the molecule is CCNC(=NCC1(N2CCSCC2)CCCC1)NC1CCN(CC(F)(F)F)C1.I. The number of likely N-dealkylation sites (tertiary alicyclic amines) is 1. The Morgan fingerprint density at radius 1 is 1.17 bits per heavy atom. The first-order valence-corrected chi connectivity index (χ1v) is 11.7. The number of rotatable bonds is 6. The summed E-state index contributed by atoms with van der Waals surface area (Å²) in [5.41, 5.74) is 0.168. The molecule has 3 rings (SSSR count). The molecule has 0 aromatic rings. The summed E-state index contributed by atoms with van der Waals surface area (Å²) >= 11 is 2.03. The summed E-state index contributed by atoms with van der Waals surface area (Å²) in [6.07, 6.45) is 1.51. The van der Waals surface area contributed by atoms with Gasteiger partial charge in [0, 0.05) is 55.8 Å². The Morgan fingerprint density at radius 2 is 1.86 bits per heavy atom. The smallest absolute Gasteiger partial charge is 0.357 e. The third-order valence-electron chi connectivity index (χ3n) is 6.11. The Bertz CT molecular complexity index is 522. The average Bonchev–Trinajstić information content (AvgIpc) is 3.30. The Kier molecular flexibility index (Phi) is 10.1. The van der Waals surface area contributed by atoms with Crippen LogP contribution < -0.4 is 10.6 Å². The van der Waals surface area contributed by atoms with Crippen LogP contribution in [0.1, 0.15) is 39.0 Å². The van der Waals surface area contributed by atoms with Gasteiger partial charge in [0.2, 0.25) is 0 Å². The Labute approximate surface area is 194 Å². The van der Waals surface area contributed by atoms with E-state index in [9.17, 15) is 13.2 Å². The first-order valence-electron chi connectivity index (χ1n) is 10.6. The van der Waals surface area contributed by atoms with Crippen LogP contribution in [0.3, 0.4) is 0 Å². The van der Waals surface area contributed by atoms with Gasteiger partial charge in [-0.2, -0.15) is 24.9 Å². The van der Waals surface area contributed by atoms with Gasteiger partial charge in [0.15, 0.2) is 5.96 Å². The van der Waals surface area contributed by atoms with Gasteiger partial charge in [-0.15, -0.1) is 24.0 Å². The summed E-state index contributed by atoms with van der Waals surface area (Å²) in [5.74, 6) is 3.14. The number of nitrogens with zero attached hydrogens (tertiary/aromatic N) is 3. The quantitative estimate of drug-likeness (QED) is 0.303. The normalized spacial score (nSPS) is 26.3. The topological polar surface area (TPSA) is 42.9 Å². The second kappa shape index (κ2) is 11.6. The molecule has 2 heterocycles. The lowest BCUT2D eigenvalue weighted by Gasteiger charge is -2.42. The lowest BCUT2D eigenvalue weighted by atomic mass is 9.95. The maximum Gasteiger partial charge on any atom is 0.401 e. The molecule has 1 atom stereocenters. The molecule has 1 unspecified atom stereocenters. The average molecular weight is 549 g/mol. The lowest BCUT2D eigenvalue weighted by molar-refractivity contribution is -0.143. The predicted octanol–water partition coefficient (Wildman–Crippen LogP) is 3.16. The molecule has 3 aliphatic rings. The van der Waals surface area contributed by atoms with Crippen molar-refractivity contribution in [2.24, 2.45) is 4.99 Å². The van der Waals surface area contributed by atoms with Gasteiger partial charge in [0.1, 0.15) is 0 Å². The molecule has 29 heavy (non-hydrogen) atoms. The van der Waals surface area contributed by atoms with Crippen LogP contribution in [-0.4, -0.2) is 90.8 Å². The number of nitrogens with one attached hydrogen (secondary N) is 2. The molecule has 0 aromatic carbocycles. The number of thioether (sulfide) groups is 1. The molecule has 3 fully saturated rings. The lowest BCUT2D eigenvalue weighted by Crippen LogP contribution is -2.53. The van der Waals surface area contributed by atoms with Gasteiger partial charge in [0.05, 0.1) is 13.1 Å². The van der Waals surface area contributed by atoms with Gasteiger partial charge in [0.25, 0.3) is 0 Å². The highest BCUT2D eigenvalue weighted by molar-refractivity contribution is 14.0. The largest absolute Gasteiger partial charge is 0.401 e. The molecule has 170 valence electrons. The number of hydrogen-bond acceptors (Lipinski definition) is 4. The van der Waals surface area contributed by atoms with Crippen LogP contribution in [0.5, 0.6) is 0 Å². The Morgan fingerprint density at radius 3 is 2.48 bits per heavy atom. The minimum Gasteiger partial charge on any atom is -0.357 e. The predicted molar refractivity (Wildman–Crippen MR) is 126 cm³/mol. The Balaban J connectivity index is 0.00000300. The van der Waals surface area contributed by atoms with E-state index in [1.807, 2.05) is 18.7 Å². The third kappa shape index (κ3) is 7.60. The number of guanidine groups is 1.